The second-order valence-electron chi connectivity index (χ2n) is 18.4. The van der Waals surface area contributed by atoms with Crippen LogP contribution in [0.1, 0.15) is 80.9 Å². The van der Waals surface area contributed by atoms with E-state index in [1.54, 1.807) is 30.3 Å². The van der Waals surface area contributed by atoms with E-state index in [0.717, 1.165) is 88.5 Å². The van der Waals surface area contributed by atoms with Crippen LogP contribution in [0.5, 0.6) is 28.7 Å². The van der Waals surface area contributed by atoms with Crippen LogP contribution in [0, 0.1) is 5.92 Å². The number of phenols is 1. The summed E-state index contributed by atoms with van der Waals surface area (Å²) < 4.78 is 26.5. The summed E-state index contributed by atoms with van der Waals surface area (Å²) in [4.78, 5) is 21.0. The first kappa shape index (κ1) is 47.5. The minimum absolute atomic E-state index is 0.00661. The summed E-state index contributed by atoms with van der Waals surface area (Å²) in [5, 5.41) is 46.5. The van der Waals surface area contributed by atoms with Gasteiger partial charge in [-0.05, 0) is 89.2 Å². The number of phenolic OH excluding ortho intramolecular Hbond substituents is 1. The number of ketones is 1. The van der Waals surface area contributed by atoms with Crippen LogP contribution < -0.4 is 29.2 Å². The van der Waals surface area contributed by atoms with E-state index in [9.17, 15) is 25.2 Å². The Morgan fingerprint density at radius 1 is 0.899 bits per heavy atom. The van der Waals surface area contributed by atoms with E-state index in [0.29, 0.717) is 36.3 Å². The minimum Gasteiger partial charge on any atom is -0.508 e. The van der Waals surface area contributed by atoms with E-state index in [1.807, 2.05) is 36.4 Å². The largest absolute Gasteiger partial charge is 0.508 e. The van der Waals surface area contributed by atoms with Gasteiger partial charge in [-0.1, -0.05) is 104 Å². The molecule has 1 fully saturated rings. The molecule has 0 aliphatic carbocycles. The summed E-state index contributed by atoms with van der Waals surface area (Å²) >= 11 is 0. The number of fused-ring (bicyclic) bond motifs is 7. The Kier molecular flexibility index (Phi) is 15.0. The first-order valence-electron chi connectivity index (χ1n) is 24.3. The molecular weight excluding hydrogens is 871 g/mol. The highest BCUT2D eigenvalue weighted by molar-refractivity contribution is 6.04. The molecule has 10 rings (SSSR count). The van der Waals surface area contributed by atoms with E-state index in [4.69, 9.17) is 18.9 Å². The highest BCUT2D eigenvalue weighted by Crippen LogP contribution is 2.53. The number of H-pyrrole nitrogens is 1. The lowest BCUT2D eigenvalue weighted by Gasteiger charge is -2.38. The maximum atomic E-state index is 14.7. The lowest BCUT2D eigenvalue weighted by molar-refractivity contribution is 0.0834. The van der Waals surface area contributed by atoms with E-state index < -0.39 is 18.1 Å². The molecule has 4 unspecified atom stereocenters. The van der Waals surface area contributed by atoms with Crippen molar-refractivity contribution in [3.63, 3.8) is 0 Å². The second-order valence-corrected chi connectivity index (χ2v) is 18.4. The molecule has 4 bridgehead atoms. The number of piperazine rings is 1. The fraction of sp³-hybridized carbons (Fsp3) is 0.351. The van der Waals surface area contributed by atoms with Gasteiger partial charge >= 0.3 is 0 Å². The summed E-state index contributed by atoms with van der Waals surface area (Å²) in [7, 11) is 1.52. The van der Waals surface area contributed by atoms with Gasteiger partial charge in [-0.3, -0.25) is 4.79 Å². The maximum absolute atomic E-state index is 14.7. The van der Waals surface area contributed by atoms with Crippen LogP contribution in [-0.2, 0) is 38.7 Å². The summed E-state index contributed by atoms with van der Waals surface area (Å²) in [6, 6.07) is 33.7. The molecule has 69 heavy (non-hydrogen) atoms. The Labute approximate surface area is 404 Å². The van der Waals surface area contributed by atoms with Crippen LogP contribution in [0.3, 0.4) is 0 Å². The SMILES string of the molecule is CCc1cc2c([nH]1)N1CCNCC1Cc1ccc(c(CO)c1)CC(CO)COc1c(c3c(c(OCCC(O)C=Cc4ccccc4)c1OC)C(=O)CC(c1ccc(O)cc1)O3)CCc1cccc-2c1. The van der Waals surface area contributed by atoms with Crippen molar-refractivity contribution in [1.82, 2.24) is 10.3 Å². The number of hydrogen-bond donors (Lipinski definition) is 6. The number of aromatic amines is 1. The number of carbonyl (C=O) groups is 1. The molecule has 12 nitrogen and oxygen atoms in total. The summed E-state index contributed by atoms with van der Waals surface area (Å²) in [6.45, 7) is 4.41. The number of hydrogen-bond acceptors (Lipinski definition) is 11. The first-order valence-corrected chi connectivity index (χ1v) is 24.3. The van der Waals surface area contributed by atoms with Crippen LogP contribution in [-0.4, -0.2) is 89.9 Å². The zero-order chi connectivity index (χ0) is 47.9. The average Bonchev–Trinajstić information content (AvgIpc) is 3.82. The first-order chi connectivity index (χ1) is 33.7. The highest BCUT2D eigenvalue weighted by Gasteiger charge is 2.38. The maximum Gasteiger partial charge on any atom is 0.204 e. The van der Waals surface area contributed by atoms with Crippen molar-refractivity contribution >= 4 is 17.7 Å². The Bertz CT molecular complexity index is 2750. The fourth-order valence-electron chi connectivity index (χ4n) is 9.94. The number of rotatable bonds is 11. The molecule has 5 aromatic carbocycles. The quantitative estimate of drug-likeness (QED) is 0.0740. The standard InChI is InChI=1S/C57H63N3O9/c1-3-44-30-49-42-11-7-10-37(26-42)14-21-48-53-52(50(65)31-51(69-53)40-16-19-46(63)20-17-40)55(67-25-22-47(64)18-13-36-8-5-4-6-9-36)56(66-2)54(48)68-35-39(33-61)28-41-15-12-38(27-43(41)34-62)29-45-32-58-23-24-60(45)57(49)59-44/h4-13,15-20,26-27,30,39,45,47,51,58-59,61-64H,3,14,21-25,28-29,31-35H2,1-2H3. The summed E-state index contributed by atoms with van der Waals surface area (Å²) in [6.07, 6.45) is 5.28. The van der Waals surface area contributed by atoms with Crippen molar-refractivity contribution in [3.8, 4) is 39.9 Å². The predicted molar refractivity (Wildman–Crippen MR) is 268 cm³/mol. The number of aromatic nitrogens is 1. The lowest BCUT2D eigenvalue weighted by atomic mass is 9.90. The smallest absolute Gasteiger partial charge is 0.204 e. The van der Waals surface area contributed by atoms with Crippen LogP contribution in [0.4, 0.5) is 5.82 Å². The molecule has 360 valence electrons. The van der Waals surface area contributed by atoms with Gasteiger partial charge in [0.05, 0.1) is 39.5 Å². The molecule has 4 aliphatic rings. The predicted octanol–water partition coefficient (Wildman–Crippen LogP) is 8.35. The molecule has 6 N–H and O–H groups in total. The summed E-state index contributed by atoms with van der Waals surface area (Å²) in [5.41, 5.74) is 9.81. The Hall–Kier alpha value is -6.57. The Morgan fingerprint density at radius 2 is 1.74 bits per heavy atom. The van der Waals surface area contributed by atoms with Gasteiger partial charge in [0, 0.05) is 61.4 Å². The average molecular weight is 934 g/mol. The van der Waals surface area contributed by atoms with Crippen molar-refractivity contribution in [2.75, 3.05) is 51.5 Å². The third-order valence-electron chi connectivity index (χ3n) is 13.7. The normalized spacial score (nSPS) is 18.8. The van der Waals surface area contributed by atoms with Crippen LogP contribution >= 0.6 is 0 Å². The Morgan fingerprint density at radius 3 is 2.52 bits per heavy atom. The number of anilines is 1. The molecule has 1 saturated heterocycles. The van der Waals surface area contributed by atoms with Gasteiger partial charge < -0.3 is 54.6 Å². The number of methoxy groups -OCH3 is 1. The van der Waals surface area contributed by atoms with Crippen molar-refractivity contribution in [1.29, 1.82) is 0 Å². The van der Waals surface area contributed by atoms with Crippen LogP contribution in [0.25, 0.3) is 17.2 Å². The van der Waals surface area contributed by atoms with Gasteiger partial charge in [0.15, 0.2) is 17.3 Å². The number of nitrogens with zero attached hydrogens (tertiary/aromatic N) is 1. The Balaban J connectivity index is 1.16. The third-order valence-corrected chi connectivity index (χ3v) is 13.7. The fourth-order valence-corrected chi connectivity index (χ4v) is 9.94. The van der Waals surface area contributed by atoms with E-state index in [-0.39, 0.29) is 73.9 Å². The zero-order valence-electron chi connectivity index (χ0n) is 39.5. The lowest BCUT2D eigenvalue weighted by Crippen LogP contribution is -2.52. The topological polar surface area (TPSA) is 166 Å². The minimum atomic E-state index is -0.838. The van der Waals surface area contributed by atoms with Crippen molar-refractivity contribution in [2.24, 2.45) is 5.92 Å². The number of aliphatic hydroxyl groups excluding tert-OH is 3. The van der Waals surface area contributed by atoms with Gasteiger partial charge in [0.25, 0.3) is 0 Å². The van der Waals surface area contributed by atoms with Gasteiger partial charge in [0.1, 0.15) is 29.0 Å². The molecule has 0 saturated carbocycles. The molecule has 12 heteroatoms. The van der Waals surface area contributed by atoms with Crippen molar-refractivity contribution in [2.45, 2.75) is 76.7 Å². The molecule has 1 aromatic heterocycles. The summed E-state index contributed by atoms with van der Waals surface area (Å²) in [5.74, 6) is 1.63. The van der Waals surface area contributed by atoms with Gasteiger partial charge in [-0.25, -0.2) is 0 Å². The molecule has 0 radical (unpaired) electrons. The number of aryl methyl sites for hydroxylation is 2. The number of benzene rings is 5. The van der Waals surface area contributed by atoms with Crippen LogP contribution in [0.2, 0.25) is 0 Å². The monoisotopic (exact) mass is 933 g/mol. The van der Waals surface area contributed by atoms with Gasteiger partial charge in [-0.2, -0.15) is 0 Å². The van der Waals surface area contributed by atoms with E-state index in [2.05, 4.69) is 70.7 Å². The third kappa shape index (κ3) is 10.7. The van der Waals surface area contributed by atoms with E-state index in [1.165, 1.54) is 7.11 Å². The molecule has 6 aromatic rings. The highest BCUT2D eigenvalue weighted by atomic mass is 16.5. The number of aromatic hydroxyl groups is 1. The number of aliphatic hydroxyl groups is 3. The zero-order valence-corrected chi connectivity index (χ0v) is 39.5. The van der Waals surface area contributed by atoms with Crippen molar-refractivity contribution < 1.29 is 44.2 Å². The molecular formula is C57H63N3O9. The van der Waals surface area contributed by atoms with Crippen molar-refractivity contribution in [3.05, 3.63) is 159 Å². The number of ether oxygens (including phenoxy) is 4. The molecule has 5 heterocycles. The molecule has 4 atom stereocenters. The van der Waals surface area contributed by atoms with E-state index >= 15 is 0 Å². The second kappa shape index (κ2) is 21.8. The van der Waals surface area contributed by atoms with Gasteiger partial charge in [-0.15, -0.1) is 0 Å². The molecule has 0 amide bonds. The number of Topliss-reactive ketones (excluding diaryl/α,β-unsaturated/α-hetero) is 1. The number of nitrogens with one attached hydrogen (secondary N) is 2. The van der Waals surface area contributed by atoms with Gasteiger partial charge in [0.2, 0.25) is 5.75 Å². The van der Waals surface area contributed by atoms with Crippen LogP contribution in [0.15, 0.2) is 109 Å². The molecule has 0 spiro atoms. The molecule has 4 aliphatic heterocycles. The number of carbonyl (C=O) groups excluding carboxylic acids is 1.